The minimum absolute atomic E-state index is 0.0870. The van der Waals surface area contributed by atoms with E-state index in [1.54, 1.807) is 29.2 Å². The Morgan fingerprint density at radius 1 is 1.19 bits per heavy atom. The Kier molecular flexibility index (Phi) is 9.33. The number of hydrogen-bond acceptors (Lipinski definition) is 8. The first-order valence-electron chi connectivity index (χ1n) is 12.3. The molecule has 3 N–H and O–H groups in total. The van der Waals surface area contributed by atoms with E-state index in [-0.39, 0.29) is 42.6 Å². The maximum Gasteiger partial charge on any atom is 0.573 e. The lowest BCUT2D eigenvalue weighted by atomic mass is 10.1. The number of aliphatic imine (C=N–C) groups is 1. The largest absolute Gasteiger partial charge is 0.573 e. The molecule has 1 aromatic heterocycles. The van der Waals surface area contributed by atoms with Crippen LogP contribution in [0.5, 0.6) is 5.75 Å². The minimum Gasteiger partial charge on any atom is -0.406 e. The predicted molar refractivity (Wildman–Crippen MR) is 149 cm³/mol. The highest BCUT2D eigenvalue weighted by molar-refractivity contribution is 7.89. The first-order chi connectivity index (χ1) is 19.9. The maximum absolute atomic E-state index is 13.7. The average Bonchev–Trinajstić information content (AvgIpc) is 2.95. The van der Waals surface area contributed by atoms with Crippen LogP contribution in [0.3, 0.4) is 0 Å². The van der Waals surface area contributed by atoms with Crippen LogP contribution in [0, 0.1) is 0 Å². The van der Waals surface area contributed by atoms with E-state index in [9.17, 15) is 26.4 Å². The zero-order valence-electron chi connectivity index (χ0n) is 21.8. The summed E-state index contributed by atoms with van der Waals surface area (Å²) in [6.45, 7) is 3.68. The second-order valence-corrected chi connectivity index (χ2v) is 11.2. The van der Waals surface area contributed by atoms with Crippen molar-refractivity contribution in [1.29, 1.82) is 0 Å². The number of amides is 1. The van der Waals surface area contributed by atoms with E-state index in [1.165, 1.54) is 18.6 Å². The van der Waals surface area contributed by atoms with Crippen LogP contribution in [0.25, 0.3) is 0 Å². The molecule has 0 radical (unpaired) electrons. The normalized spacial score (nSPS) is 16.6. The number of benzene rings is 2. The van der Waals surface area contributed by atoms with Crippen LogP contribution in [0.2, 0.25) is 5.02 Å². The van der Waals surface area contributed by atoms with Crippen LogP contribution in [0.4, 0.5) is 24.7 Å². The number of hydrogen-bond donors (Lipinski definition) is 2. The number of amidine groups is 1. The van der Waals surface area contributed by atoms with Crippen LogP contribution in [0.15, 0.2) is 83.6 Å². The number of ether oxygens (including phenoxy) is 1. The van der Waals surface area contributed by atoms with Crippen LogP contribution in [0.1, 0.15) is 5.56 Å². The van der Waals surface area contributed by atoms with Crippen LogP contribution < -0.4 is 15.8 Å². The number of sulfonamides is 1. The van der Waals surface area contributed by atoms with Gasteiger partial charge in [0.15, 0.2) is 5.82 Å². The Balaban J connectivity index is 1.62. The second-order valence-electron chi connectivity index (χ2n) is 8.92. The van der Waals surface area contributed by atoms with Crippen molar-refractivity contribution in [2.75, 3.05) is 25.4 Å². The Hall–Kier alpha value is -4.21. The van der Waals surface area contributed by atoms with E-state index in [2.05, 4.69) is 31.6 Å². The number of nitrogen functional groups attached to an aromatic ring is 1. The van der Waals surface area contributed by atoms with Gasteiger partial charge in [0.25, 0.3) is 0 Å². The number of nitrogens with one attached hydrogen (secondary N) is 1. The molecule has 1 fully saturated rings. The van der Waals surface area contributed by atoms with E-state index < -0.39 is 34.1 Å². The van der Waals surface area contributed by atoms with E-state index in [0.717, 1.165) is 34.1 Å². The molecule has 1 amide bonds. The fourth-order valence-corrected chi connectivity index (χ4v) is 5.81. The number of rotatable bonds is 8. The third-order valence-electron chi connectivity index (χ3n) is 6.12. The summed E-state index contributed by atoms with van der Waals surface area (Å²) < 4.78 is 69.9. The fraction of sp³-hybridized carbons (Fsp3) is 0.231. The predicted octanol–water partition coefficient (Wildman–Crippen LogP) is 3.52. The highest BCUT2D eigenvalue weighted by Crippen LogP contribution is 2.27. The van der Waals surface area contributed by atoms with Crippen molar-refractivity contribution < 1.29 is 31.1 Å². The lowest BCUT2D eigenvalue weighted by Gasteiger charge is -2.40. The smallest absolute Gasteiger partial charge is 0.406 e. The summed E-state index contributed by atoms with van der Waals surface area (Å²) in [5.74, 6) is -0.735. The van der Waals surface area contributed by atoms with Crippen molar-refractivity contribution in [2.24, 2.45) is 4.99 Å². The van der Waals surface area contributed by atoms with Crippen LogP contribution in [-0.2, 0) is 21.4 Å². The van der Waals surface area contributed by atoms with Gasteiger partial charge in [-0.3, -0.25) is 4.79 Å². The minimum atomic E-state index is -4.94. The number of carbonyl (C=O) groups is 1. The molecule has 222 valence electrons. The molecule has 1 aliphatic rings. The van der Waals surface area contributed by atoms with Gasteiger partial charge in [0.1, 0.15) is 24.0 Å². The lowest BCUT2D eigenvalue weighted by molar-refractivity contribution is -0.274. The summed E-state index contributed by atoms with van der Waals surface area (Å²) in [6.07, 6.45) is -0.883. The topological polar surface area (TPSA) is 143 Å². The van der Waals surface area contributed by atoms with Crippen LogP contribution in [-0.4, -0.2) is 71.4 Å². The number of anilines is 1. The number of alkyl halides is 3. The highest BCUT2D eigenvalue weighted by atomic mass is 35.5. The van der Waals surface area contributed by atoms with Gasteiger partial charge in [-0.15, -0.1) is 13.2 Å². The van der Waals surface area contributed by atoms with Gasteiger partial charge in [-0.2, -0.15) is 4.31 Å². The lowest BCUT2D eigenvalue weighted by Crippen LogP contribution is -2.61. The van der Waals surface area contributed by atoms with Gasteiger partial charge in [0.2, 0.25) is 15.9 Å². The van der Waals surface area contributed by atoms with Crippen molar-refractivity contribution in [3.05, 3.63) is 84.3 Å². The molecule has 3 aromatic rings. The van der Waals surface area contributed by atoms with Gasteiger partial charge < -0.3 is 20.7 Å². The fourth-order valence-electron chi connectivity index (χ4n) is 4.11. The van der Waals surface area contributed by atoms with E-state index in [1.807, 2.05) is 0 Å². The number of aromatic nitrogens is 2. The number of piperazine rings is 1. The molecule has 11 nitrogen and oxygen atoms in total. The molecule has 0 saturated carbocycles. The molecule has 0 spiro atoms. The monoisotopic (exact) mass is 623 g/mol. The highest BCUT2D eigenvalue weighted by Gasteiger charge is 2.41. The summed E-state index contributed by atoms with van der Waals surface area (Å²) >= 11 is 5.93. The van der Waals surface area contributed by atoms with Crippen molar-refractivity contribution in [2.45, 2.75) is 23.8 Å². The Bertz CT molecular complexity index is 1570. The summed E-state index contributed by atoms with van der Waals surface area (Å²) in [6, 6.07) is 9.23. The zero-order valence-corrected chi connectivity index (χ0v) is 23.4. The quantitative estimate of drug-likeness (QED) is 0.287. The summed E-state index contributed by atoms with van der Waals surface area (Å²) in [5, 5.41) is 3.26. The molecule has 4 rings (SSSR count). The summed E-state index contributed by atoms with van der Waals surface area (Å²) in [7, 11) is -4.34. The standard InChI is InChI=1S/C26H25ClF3N7O4S/c1-2-23(35-24-21(31)14-32-16-34-24)36-11-12-37(22(15-36)25(38)33-13-17-3-5-18(27)6-4-17)42(39,40)20-9-7-19(8-10-20)41-26(28,29)30/h2-10,14,16,22H,1,11-13,15,31H2,(H,33,38)/t22-/m1/s1. The van der Waals surface area contributed by atoms with Crippen molar-refractivity contribution in [3.8, 4) is 5.75 Å². The number of carbonyl (C=O) groups excluding carboxylic acids is 1. The van der Waals surface area contributed by atoms with Gasteiger partial charge in [-0.1, -0.05) is 30.3 Å². The second kappa shape index (κ2) is 12.8. The molecule has 0 aliphatic carbocycles. The van der Waals surface area contributed by atoms with Crippen molar-refractivity contribution in [3.63, 3.8) is 0 Å². The van der Waals surface area contributed by atoms with Gasteiger partial charge in [0.05, 0.1) is 16.8 Å². The number of nitrogens with zero attached hydrogens (tertiary/aromatic N) is 5. The van der Waals surface area contributed by atoms with Crippen LogP contribution >= 0.6 is 11.6 Å². The molecule has 42 heavy (non-hydrogen) atoms. The zero-order chi connectivity index (χ0) is 30.5. The van der Waals surface area contributed by atoms with E-state index in [4.69, 9.17) is 17.3 Å². The van der Waals surface area contributed by atoms with Gasteiger partial charge in [0, 0.05) is 31.2 Å². The number of halogens is 4. The first-order valence-corrected chi connectivity index (χ1v) is 14.1. The van der Waals surface area contributed by atoms with E-state index >= 15 is 0 Å². The molecule has 1 atom stereocenters. The maximum atomic E-state index is 13.7. The Morgan fingerprint density at radius 3 is 2.50 bits per heavy atom. The molecule has 0 unspecified atom stereocenters. The SMILES string of the molecule is C=CC(=Nc1ncncc1N)N1CCN(S(=O)(=O)c2ccc(OC(F)(F)F)cc2)[C@@H](C(=O)NCc2ccc(Cl)cc2)C1. The molecule has 2 heterocycles. The summed E-state index contributed by atoms with van der Waals surface area (Å²) in [4.78, 5) is 27.1. The van der Waals surface area contributed by atoms with Crippen molar-refractivity contribution in [1.82, 2.24) is 24.5 Å². The molecule has 1 saturated heterocycles. The number of nitrogens with two attached hydrogens (primary N) is 1. The Labute approximate surface area is 244 Å². The van der Waals surface area contributed by atoms with Gasteiger partial charge in [-0.05, 0) is 48.0 Å². The molecule has 2 aromatic carbocycles. The molecule has 16 heteroatoms. The molecular weight excluding hydrogens is 599 g/mol. The molecular formula is C26H25ClF3N7O4S. The van der Waals surface area contributed by atoms with Crippen molar-refractivity contribution >= 4 is 44.9 Å². The first kappa shape index (κ1) is 30.7. The third kappa shape index (κ3) is 7.54. The van der Waals surface area contributed by atoms with Gasteiger partial charge in [-0.25, -0.2) is 23.4 Å². The van der Waals surface area contributed by atoms with Gasteiger partial charge >= 0.3 is 6.36 Å². The average molecular weight is 624 g/mol. The Morgan fingerprint density at radius 2 is 1.88 bits per heavy atom. The van der Waals surface area contributed by atoms with E-state index in [0.29, 0.717) is 10.9 Å². The molecule has 1 aliphatic heterocycles. The third-order valence-corrected chi connectivity index (χ3v) is 8.30. The summed E-state index contributed by atoms with van der Waals surface area (Å²) in [5.41, 5.74) is 6.83. The molecule has 0 bridgehead atoms.